The number of nitrogens with two attached hydrogens (primary N) is 1. The first-order valence-corrected chi connectivity index (χ1v) is 12.5. The molecule has 2 aliphatic heterocycles. The molecule has 0 amide bonds. The van der Waals surface area contributed by atoms with Crippen LogP contribution in [0.5, 0.6) is 0 Å². The quantitative estimate of drug-likeness (QED) is 0.581. The van der Waals surface area contributed by atoms with Crippen LogP contribution in [0, 0.1) is 5.92 Å². The Balaban J connectivity index is 1.48. The van der Waals surface area contributed by atoms with Crippen LogP contribution >= 0.6 is 11.6 Å². The van der Waals surface area contributed by atoms with E-state index >= 15 is 0 Å². The van der Waals surface area contributed by atoms with Gasteiger partial charge < -0.3 is 10.8 Å². The van der Waals surface area contributed by atoms with Gasteiger partial charge in [0.25, 0.3) is 0 Å². The topological polar surface area (TPSA) is 120 Å². The number of halogens is 1. The first-order valence-electron chi connectivity index (χ1n) is 10.7. The van der Waals surface area contributed by atoms with Crippen molar-refractivity contribution < 1.29 is 18.3 Å². The number of sulfonamides is 1. The SMILES string of the molecule is N[C@@H]1C(C(=O)CN2CCN(CCO)CC2)CCN1S(=O)(=O)c1cccc2cncc(Cl)c12. The molecule has 0 aliphatic carbocycles. The number of Topliss-reactive ketones (excluding diaryl/α,β-unsaturated/α-hetero) is 1. The van der Waals surface area contributed by atoms with E-state index in [4.69, 9.17) is 22.4 Å². The standard InChI is InChI=1S/C21H28ClN5O4S/c22-17-13-24-12-15-2-1-3-19(20(15)17)32(30,31)27-5-4-16(21(27)23)18(29)14-26-8-6-25(7-9-26)10-11-28/h1-3,12-13,16,21,28H,4-11,14,23H2/t16?,21-/m0/s1. The van der Waals surface area contributed by atoms with Gasteiger partial charge in [0.05, 0.1) is 29.2 Å². The van der Waals surface area contributed by atoms with Gasteiger partial charge in [-0.1, -0.05) is 23.7 Å². The van der Waals surface area contributed by atoms with E-state index in [1.165, 1.54) is 16.6 Å². The molecular weight excluding hydrogens is 454 g/mol. The molecule has 2 saturated heterocycles. The second-order valence-electron chi connectivity index (χ2n) is 8.28. The number of hydrogen-bond donors (Lipinski definition) is 2. The van der Waals surface area contributed by atoms with Crippen LogP contribution in [-0.2, 0) is 14.8 Å². The summed E-state index contributed by atoms with van der Waals surface area (Å²) in [6.07, 6.45) is 2.46. The molecule has 1 unspecified atom stereocenters. The van der Waals surface area contributed by atoms with E-state index in [9.17, 15) is 13.2 Å². The monoisotopic (exact) mass is 481 g/mol. The number of carbonyl (C=O) groups excluding carboxylic acids is 1. The summed E-state index contributed by atoms with van der Waals surface area (Å²) in [5.74, 6) is -0.585. The van der Waals surface area contributed by atoms with Crippen LogP contribution in [0.2, 0.25) is 5.02 Å². The van der Waals surface area contributed by atoms with Crippen LogP contribution in [0.25, 0.3) is 10.8 Å². The van der Waals surface area contributed by atoms with E-state index in [2.05, 4.69) is 14.8 Å². The van der Waals surface area contributed by atoms with Gasteiger partial charge >= 0.3 is 0 Å². The number of nitrogens with zero attached hydrogens (tertiary/aromatic N) is 4. The van der Waals surface area contributed by atoms with Gasteiger partial charge in [0, 0.05) is 68.4 Å². The summed E-state index contributed by atoms with van der Waals surface area (Å²) in [4.78, 5) is 21.3. The van der Waals surface area contributed by atoms with Gasteiger partial charge in [-0.05, 0) is 12.5 Å². The van der Waals surface area contributed by atoms with Gasteiger partial charge in [-0.3, -0.25) is 19.6 Å². The summed E-state index contributed by atoms with van der Waals surface area (Å²) < 4.78 is 28.2. The molecule has 4 rings (SSSR count). The second kappa shape index (κ2) is 9.68. The van der Waals surface area contributed by atoms with Crippen molar-refractivity contribution >= 4 is 38.2 Å². The maximum Gasteiger partial charge on any atom is 0.245 e. The van der Waals surface area contributed by atoms with Crippen LogP contribution in [0.1, 0.15) is 6.42 Å². The lowest BCUT2D eigenvalue weighted by molar-refractivity contribution is -0.124. The molecule has 1 aromatic carbocycles. The molecule has 0 saturated carbocycles. The predicted molar refractivity (Wildman–Crippen MR) is 122 cm³/mol. The summed E-state index contributed by atoms with van der Waals surface area (Å²) in [5.41, 5.74) is 6.32. The van der Waals surface area contributed by atoms with Crippen molar-refractivity contribution in [1.82, 2.24) is 19.1 Å². The molecule has 2 fully saturated rings. The Morgan fingerprint density at radius 3 is 2.59 bits per heavy atom. The predicted octanol–water partition coefficient (Wildman–Crippen LogP) is 0.363. The van der Waals surface area contributed by atoms with Gasteiger partial charge in [-0.15, -0.1) is 0 Å². The minimum absolute atomic E-state index is 0.0361. The number of pyridine rings is 1. The van der Waals surface area contributed by atoms with Crippen LogP contribution in [-0.4, -0.2) is 97.0 Å². The van der Waals surface area contributed by atoms with Crippen molar-refractivity contribution in [3.8, 4) is 0 Å². The van der Waals surface area contributed by atoms with Crippen molar-refractivity contribution in [2.75, 3.05) is 52.4 Å². The van der Waals surface area contributed by atoms with Gasteiger partial charge in [-0.2, -0.15) is 4.31 Å². The number of ketones is 1. The lowest BCUT2D eigenvalue weighted by atomic mass is 10.00. The van der Waals surface area contributed by atoms with E-state index in [-0.39, 0.29) is 35.4 Å². The Kier molecular flexibility index (Phi) is 7.11. The Bertz CT molecular complexity index is 1090. The smallest absolute Gasteiger partial charge is 0.245 e. The number of piperazine rings is 1. The number of benzene rings is 1. The van der Waals surface area contributed by atoms with E-state index in [0.29, 0.717) is 23.7 Å². The first-order chi connectivity index (χ1) is 15.3. The van der Waals surface area contributed by atoms with Gasteiger partial charge in [-0.25, -0.2) is 8.42 Å². The zero-order chi connectivity index (χ0) is 22.9. The molecule has 2 aliphatic rings. The summed E-state index contributed by atoms with van der Waals surface area (Å²) >= 11 is 6.28. The number of aliphatic hydroxyl groups is 1. The molecule has 32 heavy (non-hydrogen) atoms. The molecule has 1 aromatic heterocycles. The number of aliphatic hydroxyl groups excluding tert-OH is 1. The third kappa shape index (κ3) is 4.54. The van der Waals surface area contributed by atoms with Crippen LogP contribution in [0.3, 0.4) is 0 Å². The van der Waals surface area contributed by atoms with E-state index in [1.807, 2.05) is 0 Å². The maximum absolute atomic E-state index is 13.5. The molecular formula is C21H28ClN5O4S. The molecule has 0 spiro atoms. The van der Waals surface area contributed by atoms with Crippen molar-refractivity contribution in [2.45, 2.75) is 17.5 Å². The van der Waals surface area contributed by atoms with Crippen LogP contribution < -0.4 is 5.73 Å². The fraction of sp³-hybridized carbons (Fsp3) is 0.524. The van der Waals surface area contributed by atoms with Crippen molar-refractivity contribution in [3.63, 3.8) is 0 Å². The third-order valence-electron chi connectivity index (χ3n) is 6.36. The second-order valence-corrected chi connectivity index (χ2v) is 10.6. The zero-order valence-electron chi connectivity index (χ0n) is 17.7. The Labute approximate surface area is 192 Å². The summed E-state index contributed by atoms with van der Waals surface area (Å²) in [6.45, 7) is 4.25. The zero-order valence-corrected chi connectivity index (χ0v) is 19.3. The van der Waals surface area contributed by atoms with Gasteiger partial charge in [0.15, 0.2) is 5.78 Å². The number of hydrogen-bond acceptors (Lipinski definition) is 8. The number of β-amino-alcohol motifs (C(OH)–C–C–N with tert-alkyl or cyclic N) is 1. The average Bonchev–Trinajstić information content (AvgIpc) is 3.17. The minimum atomic E-state index is -3.95. The molecule has 2 aromatic rings. The molecule has 9 nitrogen and oxygen atoms in total. The molecule has 0 bridgehead atoms. The molecule has 2 atom stereocenters. The lowest BCUT2D eigenvalue weighted by Crippen LogP contribution is -2.51. The average molecular weight is 482 g/mol. The third-order valence-corrected chi connectivity index (χ3v) is 8.59. The Morgan fingerprint density at radius 2 is 1.88 bits per heavy atom. The maximum atomic E-state index is 13.5. The van der Waals surface area contributed by atoms with Crippen LogP contribution in [0.15, 0.2) is 35.5 Å². The highest BCUT2D eigenvalue weighted by Crippen LogP contribution is 2.34. The number of fused-ring (bicyclic) bond motifs is 1. The van der Waals surface area contributed by atoms with E-state index < -0.39 is 22.1 Å². The highest BCUT2D eigenvalue weighted by Gasteiger charge is 2.43. The highest BCUT2D eigenvalue weighted by molar-refractivity contribution is 7.89. The van der Waals surface area contributed by atoms with Crippen molar-refractivity contribution in [1.29, 1.82) is 0 Å². The number of carbonyl (C=O) groups is 1. The fourth-order valence-corrected chi connectivity index (χ4v) is 6.69. The summed E-state index contributed by atoms with van der Waals surface area (Å²) in [6, 6.07) is 4.91. The minimum Gasteiger partial charge on any atom is -0.395 e. The van der Waals surface area contributed by atoms with Crippen molar-refractivity contribution in [2.24, 2.45) is 11.7 Å². The molecule has 0 radical (unpaired) electrons. The van der Waals surface area contributed by atoms with E-state index in [1.54, 1.807) is 18.3 Å². The summed E-state index contributed by atoms with van der Waals surface area (Å²) in [5, 5.41) is 10.3. The number of rotatable bonds is 7. The largest absolute Gasteiger partial charge is 0.395 e. The van der Waals surface area contributed by atoms with Crippen molar-refractivity contribution in [3.05, 3.63) is 35.6 Å². The lowest BCUT2D eigenvalue weighted by Gasteiger charge is -2.34. The first kappa shape index (κ1) is 23.5. The molecule has 3 heterocycles. The van der Waals surface area contributed by atoms with Crippen LogP contribution in [0.4, 0.5) is 0 Å². The Hall–Kier alpha value is -1.66. The van der Waals surface area contributed by atoms with E-state index in [0.717, 1.165) is 26.2 Å². The summed E-state index contributed by atoms with van der Waals surface area (Å²) in [7, 11) is -3.95. The highest BCUT2D eigenvalue weighted by atomic mass is 35.5. The molecule has 3 N–H and O–H groups in total. The number of aromatic nitrogens is 1. The van der Waals surface area contributed by atoms with Gasteiger partial charge in [0.1, 0.15) is 0 Å². The Morgan fingerprint density at radius 1 is 1.16 bits per heavy atom. The van der Waals surface area contributed by atoms with Gasteiger partial charge in [0.2, 0.25) is 10.0 Å². The normalized spacial score (nSPS) is 23.7. The fourth-order valence-electron chi connectivity index (χ4n) is 4.57. The molecule has 174 valence electrons. The molecule has 11 heteroatoms.